The highest BCUT2D eigenvalue weighted by Gasteiger charge is 2.12. The fourth-order valence-corrected chi connectivity index (χ4v) is 2.89. The number of nitrogens with two attached hydrogens (primary N) is 1. The molecule has 0 radical (unpaired) electrons. The molecule has 3 N–H and O–H groups in total. The third-order valence-electron chi connectivity index (χ3n) is 3.68. The van der Waals surface area contributed by atoms with E-state index >= 15 is 0 Å². The fourth-order valence-electron chi connectivity index (χ4n) is 2.48. The zero-order chi connectivity index (χ0) is 19.2. The van der Waals surface area contributed by atoms with Gasteiger partial charge < -0.3 is 25.3 Å². The summed E-state index contributed by atoms with van der Waals surface area (Å²) in [6, 6.07) is 10.1. The van der Waals surface area contributed by atoms with Gasteiger partial charge in [0.1, 0.15) is 5.75 Å². The van der Waals surface area contributed by atoms with Gasteiger partial charge in [-0.2, -0.15) is 8.78 Å². The van der Waals surface area contributed by atoms with E-state index in [9.17, 15) is 8.78 Å². The Morgan fingerprint density at radius 3 is 2.68 bits per heavy atom. The number of fused-ring (bicyclic) bond motifs is 1. The summed E-state index contributed by atoms with van der Waals surface area (Å²) in [6.07, 6.45) is 0.816. The lowest BCUT2D eigenvalue weighted by atomic mass is 10.2. The summed E-state index contributed by atoms with van der Waals surface area (Å²) < 4.78 is 41.5. The van der Waals surface area contributed by atoms with E-state index < -0.39 is 6.61 Å². The first-order valence-electron chi connectivity index (χ1n) is 8.21. The average Bonchev–Trinajstić information content (AvgIpc) is 2.86. The quantitative estimate of drug-likeness (QED) is 0.308. The molecule has 28 heavy (non-hydrogen) atoms. The van der Waals surface area contributed by atoms with Crippen molar-refractivity contribution in [2.45, 2.75) is 19.6 Å². The zero-order valence-electron chi connectivity index (χ0n) is 14.7. The number of aliphatic imine (C=N–C) groups is 1. The molecule has 1 aliphatic heterocycles. The molecule has 2 aromatic rings. The number of ether oxygens (including phenoxy) is 3. The standard InChI is InChI=1S/C18H18BrF2N3O3.HI/c19-12-2-4-14(27-17(20)21)11(8-12)10-23-18(22)24-13-3-5-15-16(9-13)26-7-1-6-25-15;/h2-5,8-9,17H,1,6-7,10H2,(H3,22,23,24);1H. The van der Waals surface area contributed by atoms with Gasteiger partial charge in [0, 0.05) is 28.2 Å². The van der Waals surface area contributed by atoms with Crippen LogP contribution in [0.5, 0.6) is 17.2 Å². The molecule has 1 aliphatic rings. The molecule has 0 saturated heterocycles. The van der Waals surface area contributed by atoms with E-state index in [0.717, 1.165) is 10.9 Å². The Morgan fingerprint density at radius 2 is 1.93 bits per heavy atom. The number of benzene rings is 2. The van der Waals surface area contributed by atoms with Gasteiger partial charge in [0.05, 0.1) is 19.8 Å². The second-order valence-electron chi connectivity index (χ2n) is 5.67. The Bertz CT molecular complexity index is 840. The highest BCUT2D eigenvalue weighted by Crippen LogP contribution is 2.32. The second kappa shape index (κ2) is 10.6. The molecule has 0 fully saturated rings. The van der Waals surface area contributed by atoms with Gasteiger partial charge in [0.2, 0.25) is 0 Å². The average molecular weight is 570 g/mol. The number of alkyl halides is 2. The third kappa shape index (κ3) is 6.36. The van der Waals surface area contributed by atoms with Gasteiger partial charge in [-0.05, 0) is 30.3 Å². The number of rotatable bonds is 5. The van der Waals surface area contributed by atoms with E-state index in [1.54, 1.807) is 30.3 Å². The number of guanidine groups is 1. The number of anilines is 1. The van der Waals surface area contributed by atoms with E-state index in [0.29, 0.717) is 36.0 Å². The number of nitrogens with one attached hydrogen (secondary N) is 1. The number of hydrogen-bond acceptors (Lipinski definition) is 4. The van der Waals surface area contributed by atoms with E-state index in [1.807, 2.05) is 0 Å². The van der Waals surface area contributed by atoms with Gasteiger partial charge in [0.15, 0.2) is 17.5 Å². The Kier molecular flexibility index (Phi) is 8.55. The first-order valence-corrected chi connectivity index (χ1v) is 9.00. The van der Waals surface area contributed by atoms with Crippen LogP contribution in [-0.2, 0) is 6.54 Å². The third-order valence-corrected chi connectivity index (χ3v) is 4.17. The predicted molar refractivity (Wildman–Crippen MR) is 117 cm³/mol. The summed E-state index contributed by atoms with van der Waals surface area (Å²) in [5.74, 6) is 1.49. The smallest absolute Gasteiger partial charge is 0.387 e. The van der Waals surface area contributed by atoms with Crippen LogP contribution >= 0.6 is 39.9 Å². The summed E-state index contributed by atoms with van der Waals surface area (Å²) in [5, 5.41) is 2.95. The van der Waals surface area contributed by atoms with E-state index in [-0.39, 0.29) is 42.2 Å². The van der Waals surface area contributed by atoms with Gasteiger partial charge in [-0.3, -0.25) is 0 Å². The van der Waals surface area contributed by atoms with Crippen molar-refractivity contribution < 1.29 is 23.0 Å². The lowest BCUT2D eigenvalue weighted by Crippen LogP contribution is -2.22. The van der Waals surface area contributed by atoms with Crippen LogP contribution in [0.15, 0.2) is 45.9 Å². The Labute approximate surface area is 186 Å². The summed E-state index contributed by atoms with van der Waals surface area (Å²) in [4.78, 5) is 4.19. The zero-order valence-corrected chi connectivity index (χ0v) is 18.6. The molecule has 0 amide bonds. The Balaban J connectivity index is 0.00000280. The van der Waals surface area contributed by atoms with Gasteiger partial charge in [-0.15, -0.1) is 24.0 Å². The van der Waals surface area contributed by atoms with Gasteiger partial charge in [-0.25, -0.2) is 4.99 Å². The molecule has 6 nitrogen and oxygen atoms in total. The van der Waals surface area contributed by atoms with Crippen LogP contribution in [0.1, 0.15) is 12.0 Å². The molecule has 0 atom stereocenters. The molecule has 0 aromatic heterocycles. The van der Waals surface area contributed by atoms with Crippen LogP contribution in [0.4, 0.5) is 14.5 Å². The van der Waals surface area contributed by atoms with Crippen LogP contribution in [0, 0.1) is 0 Å². The minimum atomic E-state index is -2.91. The lowest BCUT2D eigenvalue weighted by molar-refractivity contribution is -0.0504. The maximum Gasteiger partial charge on any atom is 0.387 e. The highest BCUT2D eigenvalue weighted by atomic mass is 127. The molecule has 10 heteroatoms. The van der Waals surface area contributed by atoms with Crippen molar-refractivity contribution in [3.8, 4) is 17.2 Å². The summed E-state index contributed by atoms with van der Waals surface area (Å²) >= 11 is 3.30. The van der Waals surface area contributed by atoms with Gasteiger partial charge in [-0.1, -0.05) is 15.9 Å². The molecule has 0 spiro atoms. The monoisotopic (exact) mass is 569 g/mol. The van der Waals surface area contributed by atoms with E-state index in [4.69, 9.17) is 15.2 Å². The van der Waals surface area contributed by atoms with Crippen molar-refractivity contribution in [2.24, 2.45) is 10.7 Å². The molecular weight excluding hydrogens is 551 g/mol. The second-order valence-corrected chi connectivity index (χ2v) is 6.58. The molecule has 0 bridgehead atoms. The van der Waals surface area contributed by atoms with Crippen molar-refractivity contribution in [3.63, 3.8) is 0 Å². The molecule has 1 heterocycles. The normalized spacial score (nSPS) is 13.5. The van der Waals surface area contributed by atoms with E-state index in [2.05, 4.69) is 31.0 Å². The van der Waals surface area contributed by atoms with Crippen molar-refractivity contribution >= 4 is 51.6 Å². The molecule has 0 unspecified atom stereocenters. The first kappa shape index (κ1) is 22.5. The Hall–Kier alpha value is -1.82. The van der Waals surface area contributed by atoms with Gasteiger partial charge in [0.25, 0.3) is 0 Å². The number of halogens is 4. The number of nitrogens with zero attached hydrogens (tertiary/aromatic N) is 1. The predicted octanol–water partition coefficient (Wildman–Crippen LogP) is 4.76. The van der Waals surface area contributed by atoms with Crippen molar-refractivity contribution in [3.05, 3.63) is 46.4 Å². The minimum Gasteiger partial charge on any atom is -0.490 e. The highest BCUT2D eigenvalue weighted by molar-refractivity contribution is 14.0. The summed E-state index contributed by atoms with van der Waals surface area (Å²) in [5.41, 5.74) is 7.08. The molecular formula is C18H19BrF2IN3O3. The first-order chi connectivity index (χ1) is 13.0. The van der Waals surface area contributed by atoms with Gasteiger partial charge >= 0.3 is 6.61 Å². The van der Waals surface area contributed by atoms with Crippen LogP contribution in [0.25, 0.3) is 0 Å². The summed E-state index contributed by atoms with van der Waals surface area (Å²) in [7, 11) is 0. The van der Waals surface area contributed by atoms with Crippen LogP contribution in [0.3, 0.4) is 0 Å². The van der Waals surface area contributed by atoms with Crippen molar-refractivity contribution in [1.29, 1.82) is 0 Å². The minimum absolute atomic E-state index is 0. The molecule has 2 aromatic carbocycles. The van der Waals surface area contributed by atoms with Crippen molar-refractivity contribution in [2.75, 3.05) is 18.5 Å². The maximum absolute atomic E-state index is 12.5. The number of hydrogen-bond donors (Lipinski definition) is 2. The molecule has 152 valence electrons. The van der Waals surface area contributed by atoms with Crippen LogP contribution in [-0.4, -0.2) is 25.8 Å². The SMILES string of the molecule is I.NC(=NCc1cc(Br)ccc1OC(F)F)Nc1ccc2c(c1)OCCCO2. The molecule has 3 rings (SSSR count). The van der Waals surface area contributed by atoms with Crippen molar-refractivity contribution in [1.82, 2.24) is 0 Å². The maximum atomic E-state index is 12.5. The van der Waals surface area contributed by atoms with Crippen LogP contribution in [0.2, 0.25) is 0 Å². The summed E-state index contributed by atoms with van der Waals surface area (Å²) in [6.45, 7) is -1.65. The van der Waals surface area contributed by atoms with Crippen LogP contribution < -0.4 is 25.3 Å². The molecule has 0 saturated carbocycles. The Morgan fingerprint density at radius 1 is 1.18 bits per heavy atom. The topological polar surface area (TPSA) is 78.1 Å². The fraction of sp³-hybridized carbons (Fsp3) is 0.278. The molecule has 0 aliphatic carbocycles. The van der Waals surface area contributed by atoms with E-state index in [1.165, 1.54) is 6.07 Å². The lowest BCUT2D eigenvalue weighted by Gasteiger charge is -2.12. The largest absolute Gasteiger partial charge is 0.490 e.